The van der Waals surface area contributed by atoms with Crippen molar-refractivity contribution in [3.8, 4) is 0 Å². The Morgan fingerprint density at radius 1 is 1.28 bits per heavy atom. The second-order valence-electron chi connectivity index (χ2n) is 4.79. The molecule has 1 heterocycles. The molecule has 1 aromatic rings. The summed E-state index contributed by atoms with van der Waals surface area (Å²) in [5, 5.41) is 0. The first-order chi connectivity index (χ1) is 8.21. The van der Waals surface area contributed by atoms with E-state index in [2.05, 4.69) is 4.40 Å². The van der Waals surface area contributed by atoms with Gasteiger partial charge >= 0.3 is 0 Å². The topological polar surface area (TPSA) is 49.7 Å². The number of amidine groups is 1. The van der Waals surface area contributed by atoms with Crippen LogP contribution in [0.5, 0.6) is 0 Å². The summed E-state index contributed by atoms with van der Waals surface area (Å²) in [6.07, 6.45) is 1.12. The number of nitrogens with zero attached hydrogens (tertiary/aromatic N) is 2. The highest BCUT2D eigenvalue weighted by Crippen LogP contribution is 2.44. The molecule has 0 radical (unpaired) electrons. The maximum absolute atomic E-state index is 11.4. The summed E-state index contributed by atoms with van der Waals surface area (Å²) >= 11 is 1.63. The summed E-state index contributed by atoms with van der Waals surface area (Å²) in [6, 6.07) is 7.92. The van der Waals surface area contributed by atoms with Crippen molar-refractivity contribution in [1.82, 2.24) is 0 Å². The third-order valence-electron chi connectivity index (χ3n) is 2.70. The van der Waals surface area contributed by atoms with Crippen LogP contribution < -0.4 is 4.90 Å². The number of anilines is 1. The SMILES string of the molecule is CN1/C(=N\S(C)(=O)=O)C(C)(C)Sc2ccccc21. The molecule has 98 valence electrons. The third kappa shape index (κ3) is 2.54. The molecule has 18 heavy (non-hydrogen) atoms. The first-order valence-corrected chi connectivity index (χ1v) is 8.19. The Hall–Kier alpha value is -1.01. The van der Waals surface area contributed by atoms with Gasteiger partial charge in [-0.25, -0.2) is 8.42 Å². The lowest BCUT2D eigenvalue weighted by molar-refractivity contribution is 0.603. The molecule has 0 atom stereocenters. The summed E-state index contributed by atoms with van der Waals surface area (Å²) in [5.74, 6) is 0.564. The molecule has 1 aliphatic heterocycles. The van der Waals surface area contributed by atoms with E-state index in [1.54, 1.807) is 11.8 Å². The first kappa shape index (κ1) is 13.4. The van der Waals surface area contributed by atoms with Crippen LogP contribution in [0.1, 0.15) is 13.8 Å². The van der Waals surface area contributed by atoms with Crippen molar-refractivity contribution < 1.29 is 8.42 Å². The molecule has 0 N–H and O–H groups in total. The number of rotatable bonds is 1. The van der Waals surface area contributed by atoms with Gasteiger partial charge in [0.05, 0.1) is 16.7 Å². The summed E-state index contributed by atoms with van der Waals surface area (Å²) in [7, 11) is -1.55. The number of thioether (sulfide) groups is 1. The molecule has 4 nitrogen and oxygen atoms in total. The van der Waals surface area contributed by atoms with Gasteiger partial charge in [-0.1, -0.05) is 12.1 Å². The van der Waals surface area contributed by atoms with Gasteiger partial charge in [0.15, 0.2) is 0 Å². The molecular weight excluding hydrogens is 268 g/mol. The van der Waals surface area contributed by atoms with Crippen LogP contribution >= 0.6 is 11.8 Å². The Balaban J connectivity index is 2.60. The number of hydrogen-bond donors (Lipinski definition) is 0. The zero-order chi connectivity index (χ0) is 13.6. The van der Waals surface area contributed by atoms with Gasteiger partial charge in [-0.05, 0) is 26.0 Å². The quantitative estimate of drug-likeness (QED) is 0.794. The van der Waals surface area contributed by atoms with Crippen molar-refractivity contribution in [2.75, 3.05) is 18.2 Å². The average Bonchev–Trinajstić information content (AvgIpc) is 2.22. The van der Waals surface area contributed by atoms with Crippen molar-refractivity contribution >= 4 is 33.3 Å². The molecule has 0 aromatic heterocycles. The molecule has 1 aliphatic rings. The third-order valence-corrected chi connectivity index (χ3v) is 4.46. The van der Waals surface area contributed by atoms with Crippen LogP contribution in [0.3, 0.4) is 0 Å². The second kappa shape index (κ2) is 4.28. The zero-order valence-electron chi connectivity index (χ0n) is 10.8. The van der Waals surface area contributed by atoms with Crippen LogP contribution in [0.2, 0.25) is 0 Å². The fourth-order valence-electron chi connectivity index (χ4n) is 1.99. The molecule has 0 amide bonds. The predicted molar refractivity (Wildman–Crippen MR) is 77.1 cm³/mol. The lowest BCUT2D eigenvalue weighted by atomic mass is 10.1. The van der Waals surface area contributed by atoms with E-state index in [9.17, 15) is 8.42 Å². The van der Waals surface area contributed by atoms with E-state index in [1.807, 2.05) is 50.1 Å². The van der Waals surface area contributed by atoms with Crippen molar-refractivity contribution in [3.63, 3.8) is 0 Å². The van der Waals surface area contributed by atoms with E-state index in [0.717, 1.165) is 16.8 Å². The van der Waals surface area contributed by atoms with Gasteiger partial charge in [0.2, 0.25) is 0 Å². The van der Waals surface area contributed by atoms with Gasteiger partial charge in [0, 0.05) is 11.9 Å². The lowest BCUT2D eigenvalue weighted by Crippen LogP contribution is -2.45. The van der Waals surface area contributed by atoms with Crippen LogP contribution in [-0.2, 0) is 10.0 Å². The summed E-state index contributed by atoms with van der Waals surface area (Å²) in [6.45, 7) is 3.96. The zero-order valence-corrected chi connectivity index (χ0v) is 12.5. The number of para-hydroxylation sites is 1. The normalized spacial score (nSPS) is 20.9. The van der Waals surface area contributed by atoms with Crippen molar-refractivity contribution in [1.29, 1.82) is 0 Å². The maximum Gasteiger partial charge on any atom is 0.251 e. The van der Waals surface area contributed by atoms with E-state index in [0.29, 0.717) is 5.84 Å². The largest absolute Gasteiger partial charge is 0.330 e. The van der Waals surface area contributed by atoms with Gasteiger partial charge < -0.3 is 4.90 Å². The van der Waals surface area contributed by atoms with Crippen LogP contribution in [0.15, 0.2) is 33.6 Å². The smallest absolute Gasteiger partial charge is 0.251 e. The molecule has 0 fully saturated rings. The van der Waals surface area contributed by atoms with E-state index in [-0.39, 0.29) is 4.75 Å². The maximum atomic E-state index is 11.4. The molecule has 0 unspecified atom stereocenters. The summed E-state index contributed by atoms with van der Waals surface area (Å²) in [5.41, 5.74) is 0.990. The standard InChI is InChI=1S/C12H16N2O2S2/c1-12(2)11(13-18(4,15)16)14(3)9-7-5-6-8-10(9)17-12/h5-8H,1-4H3/b13-11-. The van der Waals surface area contributed by atoms with Gasteiger partial charge in [-0.2, -0.15) is 0 Å². The first-order valence-electron chi connectivity index (χ1n) is 5.53. The Kier molecular flexibility index (Phi) is 3.19. The molecule has 6 heteroatoms. The van der Waals surface area contributed by atoms with E-state index in [1.165, 1.54) is 0 Å². The Labute approximate surface area is 112 Å². The molecule has 2 rings (SSSR count). The summed E-state index contributed by atoms with van der Waals surface area (Å²) < 4.78 is 26.4. The number of hydrogen-bond acceptors (Lipinski definition) is 3. The monoisotopic (exact) mass is 284 g/mol. The lowest BCUT2D eigenvalue weighted by Gasteiger charge is -2.38. The summed E-state index contributed by atoms with van der Waals surface area (Å²) in [4.78, 5) is 2.99. The fourth-order valence-corrected chi connectivity index (χ4v) is 3.99. The predicted octanol–water partition coefficient (Wildman–Crippen LogP) is 2.37. The molecule has 1 aromatic carbocycles. The van der Waals surface area contributed by atoms with Crippen LogP contribution in [0.4, 0.5) is 5.69 Å². The van der Waals surface area contributed by atoms with Gasteiger partial charge in [-0.3, -0.25) is 0 Å². The second-order valence-corrected chi connectivity index (χ2v) is 8.10. The van der Waals surface area contributed by atoms with Crippen LogP contribution in [0.25, 0.3) is 0 Å². The van der Waals surface area contributed by atoms with Gasteiger partial charge in [0.1, 0.15) is 5.84 Å². The minimum Gasteiger partial charge on any atom is -0.330 e. The highest BCUT2D eigenvalue weighted by atomic mass is 32.2. The number of benzene rings is 1. The molecule has 0 aliphatic carbocycles. The minimum atomic E-state index is -3.40. The average molecular weight is 284 g/mol. The number of sulfonamides is 1. The van der Waals surface area contributed by atoms with Crippen molar-refractivity contribution in [2.24, 2.45) is 4.40 Å². The molecular formula is C12H16N2O2S2. The van der Waals surface area contributed by atoms with Crippen molar-refractivity contribution in [3.05, 3.63) is 24.3 Å². The molecule has 0 saturated heterocycles. The Bertz CT molecular complexity index is 606. The Morgan fingerprint density at radius 3 is 2.50 bits per heavy atom. The van der Waals surface area contributed by atoms with E-state index < -0.39 is 10.0 Å². The molecule has 0 spiro atoms. The highest BCUT2D eigenvalue weighted by Gasteiger charge is 2.36. The van der Waals surface area contributed by atoms with Crippen molar-refractivity contribution in [2.45, 2.75) is 23.5 Å². The molecule has 0 saturated carbocycles. The Morgan fingerprint density at radius 2 is 1.89 bits per heavy atom. The van der Waals surface area contributed by atoms with Gasteiger partial charge in [0.25, 0.3) is 10.0 Å². The van der Waals surface area contributed by atoms with E-state index >= 15 is 0 Å². The molecule has 0 bridgehead atoms. The fraction of sp³-hybridized carbons (Fsp3) is 0.417. The highest BCUT2D eigenvalue weighted by molar-refractivity contribution is 8.01. The minimum absolute atomic E-state index is 0.369. The van der Waals surface area contributed by atoms with E-state index in [4.69, 9.17) is 0 Å². The van der Waals surface area contributed by atoms with Crippen LogP contribution in [0, 0.1) is 0 Å². The van der Waals surface area contributed by atoms with Crippen LogP contribution in [-0.4, -0.2) is 32.3 Å². The number of fused-ring (bicyclic) bond motifs is 1. The van der Waals surface area contributed by atoms with Gasteiger partial charge in [-0.15, -0.1) is 16.2 Å².